The molecule has 0 aliphatic rings. The Labute approximate surface area is 231 Å². The summed E-state index contributed by atoms with van der Waals surface area (Å²) in [4.78, 5) is 9.19. The second kappa shape index (κ2) is 15.7. The van der Waals surface area contributed by atoms with Crippen LogP contribution < -0.4 is 5.32 Å². The molecule has 0 aliphatic heterocycles. The second-order valence-corrected chi connectivity index (χ2v) is 10.4. The summed E-state index contributed by atoms with van der Waals surface area (Å²) in [6, 6.07) is 21.0. The number of aryl methyl sites for hydroxylation is 3. The Hall–Kier alpha value is -3.49. The zero-order valence-corrected chi connectivity index (χ0v) is 25.3. The maximum Gasteiger partial charge on any atom is 0.0725 e. The van der Waals surface area contributed by atoms with Gasteiger partial charge in [-0.3, -0.25) is 9.98 Å². The van der Waals surface area contributed by atoms with Crippen molar-refractivity contribution in [3.63, 3.8) is 0 Å². The quantitative estimate of drug-likeness (QED) is 0.222. The highest BCUT2D eigenvalue weighted by Crippen LogP contribution is 2.23. The molecule has 5 heteroatoms. The van der Waals surface area contributed by atoms with Crippen molar-refractivity contribution in [2.24, 2.45) is 17.0 Å². The number of nitrogens with one attached hydrogen (secondary N) is 1. The van der Waals surface area contributed by atoms with Gasteiger partial charge in [-0.05, 0) is 76.2 Å². The zero-order chi connectivity index (χ0) is 28.1. The van der Waals surface area contributed by atoms with Gasteiger partial charge in [-0.1, -0.05) is 69.3 Å². The van der Waals surface area contributed by atoms with Crippen molar-refractivity contribution >= 4 is 26.1 Å². The predicted octanol–water partition coefficient (Wildman–Crippen LogP) is 8.08. The Morgan fingerprint density at radius 3 is 2.32 bits per heavy atom. The van der Waals surface area contributed by atoms with Gasteiger partial charge >= 0.3 is 0 Å². The summed E-state index contributed by atoms with van der Waals surface area (Å²) in [7, 11) is 4.48. The first-order valence-electron chi connectivity index (χ1n) is 12.9. The lowest BCUT2D eigenvalue weighted by atomic mass is 10.0. The van der Waals surface area contributed by atoms with E-state index in [4.69, 9.17) is 4.99 Å². The van der Waals surface area contributed by atoms with E-state index in [1.54, 1.807) is 7.05 Å². The maximum absolute atomic E-state index is 5.00. The topological polar surface area (TPSA) is 41.7 Å². The van der Waals surface area contributed by atoms with Crippen LogP contribution in [0.4, 0.5) is 0 Å². The third-order valence-electron chi connectivity index (χ3n) is 6.01. The molecule has 0 aliphatic carbocycles. The molecule has 1 N–H and O–H groups in total. The van der Waals surface area contributed by atoms with Crippen LogP contribution in [0.25, 0.3) is 5.57 Å². The van der Waals surface area contributed by atoms with Crippen LogP contribution in [0.3, 0.4) is 0 Å². The molecule has 0 amide bonds. The van der Waals surface area contributed by atoms with Crippen LogP contribution in [-0.4, -0.2) is 30.2 Å². The number of hydrogen-bond acceptors (Lipinski definition) is 3. The van der Waals surface area contributed by atoms with E-state index in [0.29, 0.717) is 8.58 Å². The third-order valence-corrected chi connectivity index (χ3v) is 7.04. The van der Waals surface area contributed by atoms with E-state index in [9.17, 15) is 0 Å². The lowest BCUT2D eigenvalue weighted by molar-refractivity contribution is 0.812. The van der Waals surface area contributed by atoms with E-state index < -0.39 is 0 Å². The van der Waals surface area contributed by atoms with Crippen LogP contribution in [0, 0.1) is 13.8 Å². The summed E-state index contributed by atoms with van der Waals surface area (Å²) in [5, 5.41) is 4.71. The summed E-state index contributed by atoms with van der Waals surface area (Å²) in [5.74, 6) is 0. The van der Waals surface area contributed by atoms with Gasteiger partial charge in [0.15, 0.2) is 0 Å². The van der Waals surface area contributed by atoms with Crippen LogP contribution in [-0.2, 0) is 13.6 Å². The minimum atomic E-state index is 0.654. The first-order chi connectivity index (χ1) is 18.2. The maximum atomic E-state index is 5.00. The molecule has 200 valence electrons. The average molecular weight is 527 g/mol. The molecule has 0 radical (unpaired) electrons. The Morgan fingerprint density at radius 1 is 1.03 bits per heavy atom. The lowest BCUT2D eigenvalue weighted by Gasteiger charge is -2.11. The monoisotopic (exact) mass is 526 g/mol. The van der Waals surface area contributed by atoms with Crippen LogP contribution in [0.15, 0.2) is 106 Å². The van der Waals surface area contributed by atoms with Crippen LogP contribution in [0.5, 0.6) is 0 Å². The van der Waals surface area contributed by atoms with Crippen molar-refractivity contribution in [2.75, 3.05) is 13.7 Å². The molecule has 1 unspecified atom stereocenters. The van der Waals surface area contributed by atoms with Gasteiger partial charge < -0.3 is 9.88 Å². The van der Waals surface area contributed by atoms with E-state index >= 15 is 0 Å². The first-order valence-corrected chi connectivity index (χ1v) is 14.4. The van der Waals surface area contributed by atoms with Crippen molar-refractivity contribution in [1.29, 1.82) is 0 Å². The molecule has 1 aromatic heterocycles. The predicted molar refractivity (Wildman–Crippen MR) is 171 cm³/mol. The van der Waals surface area contributed by atoms with E-state index in [2.05, 4.69) is 116 Å². The summed E-state index contributed by atoms with van der Waals surface area (Å²) in [5.41, 5.74) is 10.3. The number of hydrogen-bond donors (Lipinski definition) is 1. The van der Waals surface area contributed by atoms with E-state index in [1.165, 1.54) is 27.7 Å². The highest BCUT2D eigenvalue weighted by Gasteiger charge is 2.07. The highest BCUT2D eigenvalue weighted by molar-refractivity contribution is 7.43. The molecule has 0 bridgehead atoms. The Bertz CT molecular complexity index is 1340. The number of nitrogens with zero attached hydrogens (tertiary/aromatic N) is 3. The summed E-state index contributed by atoms with van der Waals surface area (Å²) in [6.07, 6.45) is 6.07. The number of rotatable bonds is 9. The normalized spacial score (nSPS) is 12.9. The van der Waals surface area contributed by atoms with Crippen molar-refractivity contribution in [3.05, 3.63) is 124 Å². The Balaban J connectivity index is 0.000000474. The Morgan fingerprint density at radius 2 is 1.76 bits per heavy atom. The lowest BCUT2D eigenvalue weighted by Crippen LogP contribution is -2.13. The number of aromatic nitrogens is 1. The summed E-state index contributed by atoms with van der Waals surface area (Å²) < 4.78 is 2.06. The third kappa shape index (κ3) is 9.76. The van der Waals surface area contributed by atoms with E-state index in [1.807, 2.05) is 32.4 Å². The Kier molecular flexibility index (Phi) is 12.7. The molecular weight excluding hydrogens is 483 g/mol. The molecule has 4 nitrogen and oxygen atoms in total. The molecule has 38 heavy (non-hydrogen) atoms. The standard InChI is InChI=1S/C25H32N3P.C8H11N/c1-18-10-9-12-22(14-18)16-27-20(3)15-24(23-13-8-7-11-19(23)2)28-21(4)25(29-6)17-26-5;1-7(2)8-5-4-6-9(8)3/h7-15,17,27,29H,16H2,1-6H3;4-6H,1H2,2-3H3/b20-15+,25-21-,26-17?,28-24-;. The molecule has 0 saturated carbocycles. The number of allylic oxidation sites excluding steroid dienone is 5. The fourth-order valence-corrected chi connectivity index (χ4v) is 4.64. The highest BCUT2D eigenvalue weighted by atomic mass is 31.1. The molecule has 1 heterocycles. The fraction of sp³-hybridized carbons (Fsp3) is 0.273. The van der Waals surface area contributed by atoms with Gasteiger partial charge in [0.1, 0.15) is 0 Å². The number of benzene rings is 2. The van der Waals surface area contributed by atoms with Crippen LogP contribution >= 0.6 is 8.58 Å². The van der Waals surface area contributed by atoms with Crippen molar-refractivity contribution in [1.82, 2.24) is 9.88 Å². The van der Waals surface area contributed by atoms with Gasteiger partial charge in [-0.15, -0.1) is 0 Å². The molecule has 0 fully saturated rings. The van der Waals surface area contributed by atoms with Gasteiger partial charge in [-0.2, -0.15) is 0 Å². The minimum absolute atomic E-state index is 0.654. The van der Waals surface area contributed by atoms with Gasteiger partial charge in [0, 0.05) is 61.0 Å². The van der Waals surface area contributed by atoms with Crippen LogP contribution in [0.2, 0.25) is 0 Å². The zero-order valence-electron chi connectivity index (χ0n) is 24.3. The van der Waals surface area contributed by atoms with Crippen molar-refractivity contribution < 1.29 is 0 Å². The summed E-state index contributed by atoms with van der Waals surface area (Å²) in [6.45, 7) is 17.2. The molecule has 3 rings (SSSR count). The van der Waals surface area contributed by atoms with E-state index in [-0.39, 0.29) is 0 Å². The van der Waals surface area contributed by atoms with Crippen molar-refractivity contribution in [3.8, 4) is 0 Å². The average Bonchev–Trinajstić information content (AvgIpc) is 3.32. The molecule has 2 aromatic carbocycles. The first kappa shape index (κ1) is 30.7. The smallest absolute Gasteiger partial charge is 0.0725 e. The van der Waals surface area contributed by atoms with Crippen molar-refractivity contribution in [2.45, 2.75) is 41.2 Å². The van der Waals surface area contributed by atoms with Gasteiger partial charge in [0.2, 0.25) is 0 Å². The van der Waals surface area contributed by atoms with Crippen LogP contribution in [0.1, 0.15) is 48.7 Å². The fourth-order valence-electron chi connectivity index (χ4n) is 3.96. The molecule has 0 saturated heterocycles. The number of aliphatic imine (C=N–C) groups is 2. The molecule has 1 atom stereocenters. The molecule has 0 spiro atoms. The molecular formula is C33H43N4P. The molecule has 3 aromatic rings. The SMILES string of the molecule is C=C(C)c1cccn1C.CN=C/C(PC)=C(C)/N=C(/C=C(\C)NCc1cccc(C)c1)c1ccccc1C. The largest absolute Gasteiger partial charge is 0.384 e. The van der Waals surface area contributed by atoms with Gasteiger partial charge in [0.25, 0.3) is 0 Å². The second-order valence-electron chi connectivity index (χ2n) is 9.40. The summed E-state index contributed by atoms with van der Waals surface area (Å²) >= 11 is 0. The van der Waals surface area contributed by atoms with Gasteiger partial charge in [0.05, 0.1) is 5.71 Å². The van der Waals surface area contributed by atoms with Gasteiger partial charge in [-0.25, -0.2) is 0 Å². The minimum Gasteiger partial charge on any atom is -0.384 e. The van der Waals surface area contributed by atoms with E-state index in [0.717, 1.165) is 34.8 Å².